The van der Waals surface area contributed by atoms with E-state index < -0.39 is 0 Å². The van der Waals surface area contributed by atoms with Gasteiger partial charge in [-0.05, 0) is 41.8 Å². The molecular formula is C12H30N2O. The molecule has 0 aromatic heterocycles. The van der Waals surface area contributed by atoms with Crippen molar-refractivity contribution in [2.45, 2.75) is 52.7 Å². The molecule has 0 bridgehead atoms. The van der Waals surface area contributed by atoms with Crippen molar-refractivity contribution in [1.82, 2.24) is 10.6 Å². The van der Waals surface area contributed by atoms with Crippen molar-refractivity contribution < 1.29 is 4.74 Å². The summed E-state index contributed by atoms with van der Waals surface area (Å²) < 4.78 is 5.80. The molecule has 0 amide bonds. The van der Waals surface area contributed by atoms with Gasteiger partial charge < -0.3 is 15.4 Å². The quantitative estimate of drug-likeness (QED) is 0.715. The van der Waals surface area contributed by atoms with Gasteiger partial charge in [0.15, 0.2) is 0 Å². The average Bonchev–Trinajstić information content (AvgIpc) is 2.19. The van der Waals surface area contributed by atoms with Gasteiger partial charge in [0, 0.05) is 12.1 Å². The van der Waals surface area contributed by atoms with Crippen LogP contribution in [0.25, 0.3) is 0 Å². The third-order valence-electron chi connectivity index (χ3n) is 2.10. The summed E-state index contributed by atoms with van der Waals surface area (Å²) in [6, 6.07) is 0. The number of rotatable bonds is 6. The van der Waals surface area contributed by atoms with Crippen LogP contribution in [0.5, 0.6) is 0 Å². The van der Waals surface area contributed by atoms with Crippen LogP contribution in [0.3, 0.4) is 0 Å². The molecule has 0 atom stereocenters. The van der Waals surface area contributed by atoms with Gasteiger partial charge in [0.2, 0.25) is 0 Å². The molecule has 0 spiro atoms. The molecule has 15 heavy (non-hydrogen) atoms. The maximum absolute atomic E-state index is 5.80. The van der Waals surface area contributed by atoms with Gasteiger partial charge >= 0.3 is 0 Å². The summed E-state index contributed by atoms with van der Waals surface area (Å²) in [5.41, 5.74) is -0.0477. The van der Waals surface area contributed by atoms with E-state index in [9.17, 15) is 0 Å². The monoisotopic (exact) mass is 218 g/mol. The van der Waals surface area contributed by atoms with Crippen molar-refractivity contribution in [2.75, 3.05) is 27.2 Å². The number of likely N-dealkylation sites (N-methyl/N-ethyl adjacent to an activating group) is 2. The zero-order valence-corrected chi connectivity index (χ0v) is 11.8. The molecular weight excluding hydrogens is 188 g/mol. The summed E-state index contributed by atoms with van der Waals surface area (Å²) in [4.78, 5) is 0. The minimum Gasteiger partial charge on any atom is -0.372 e. The van der Waals surface area contributed by atoms with Crippen LogP contribution in [0.4, 0.5) is 0 Å². The molecule has 0 rings (SSSR count). The van der Waals surface area contributed by atoms with Crippen molar-refractivity contribution in [3.8, 4) is 0 Å². The molecule has 0 aromatic rings. The molecule has 0 aliphatic rings. The van der Waals surface area contributed by atoms with Crippen LogP contribution in [0.15, 0.2) is 0 Å². The van der Waals surface area contributed by atoms with Gasteiger partial charge in [-0.2, -0.15) is 0 Å². The molecule has 0 radical (unpaired) electrons. The first-order valence-corrected chi connectivity index (χ1v) is 5.80. The topological polar surface area (TPSA) is 33.3 Å². The highest BCUT2D eigenvalue weighted by Crippen LogP contribution is 2.11. The fraction of sp³-hybridized carbons (Fsp3) is 1.00. The van der Waals surface area contributed by atoms with Crippen LogP contribution >= 0.6 is 0 Å². The maximum Gasteiger partial charge on any atom is 0.0751 e. The third-order valence-corrected chi connectivity index (χ3v) is 2.10. The molecule has 0 unspecified atom stereocenters. The SMILES string of the molecule is CC.CNCC(C)(C)OCC(C)(C)NC. The average molecular weight is 218 g/mol. The van der Waals surface area contributed by atoms with Crippen LogP contribution in [-0.2, 0) is 4.74 Å². The number of hydrogen-bond acceptors (Lipinski definition) is 3. The lowest BCUT2D eigenvalue weighted by atomic mass is 10.1. The van der Waals surface area contributed by atoms with Crippen LogP contribution in [0.1, 0.15) is 41.5 Å². The van der Waals surface area contributed by atoms with Crippen molar-refractivity contribution >= 4 is 0 Å². The lowest BCUT2D eigenvalue weighted by Gasteiger charge is -2.31. The van der Waals surface area contributed by atoms with Gasteiger partial charge in [-0.3, -0.25) is 0 Å². The van der Waals surface area contributed by atoms with E-state index in [2.05, 4.69) is 38.3 Å². The summed E-state index contributed by atoms with van der Waals surface area (Å²) in [6.07, 6.45) is 0. The molecule has 0 aliphatic heterocycles. The van der Waals surface area contributed by atoms with E-state index in [0.29, 0.717) is 0 Å². The highest BCUT2D eigenvalue weighted by molar-refractivity contribution is 4.78. The minimum absolute atomic E-state index is 0.0466. The van der Waals surface area contributed by atoms with Crippen molar-refractivity contribution in [1.29, 1.82) is 0 Å². The Morgan fingerprint density at radius 1 is 1.00 bits per heavy atom. The predicted octanol–water partition coefficient (Wildman–Crippen LogP) is 2.03. The summed E-state index contributed by atoms with van der Waals surface area (Å²) in [7, 11) is 3.89. The van der Waals surface area contributed by atoms with E-state index in [1.54, 1.807) is 0 Å². The molecule has 0 aliphatic carbocycles. The zero-order valence-electron chi connectivity index (χ0n) is 11.8. The zero-order chi connectivity index (χ0) is 12.5. The molecule has 94 valence electrons. The smallest absolute Gasteiger partial charge is 0.0751 e. The third kappa shape index (κ3) is 10.2. The van der Waals surface area contributed by atoms with E-state index in [1.165, 1.54) is 0 Å². The summed E-state index contributed by atoms with van der Waals surface area (Å²) in [5.74, 6) is 0. The van der Waals surface area contributed by atoms with Gasteiger partial charge in [0.25, 0.3) is 0 Å². The first-order chi connectivity index (χ1) is 6.83. The molecule has 0 aromatic carbocycles. The van der Waals surface area contributed by atoms with Crippen molar-refractivity contribution in [3.05, 3.63) is 0 Å². The van der Waals surface area contributed by atoms with Crippen LogP contribution in [0, 0.1) is 0 Å². The van der Waals surface area contributed by atoms with Gasteiger partial charge in [-0.15, -0.1) is 0 Å². The second-order valence-corrected chi connectivity index (χ2v) is 4.71. The van der Waals surface area contributed by atoms with Crippen LogP contribution < -0.4 is 10.6 Å². The van der Waals surface area contributed by atoms with Gasteiger partial charge in [0.1, 0.15) is 0 Å². The number of ether oxygens (including phenoxy) is 1. The second kappa shape index (κ2) is 8.08. The lowest BCUT2D eigenvalue weighted by Crippen LogP contribution is -2.46. The van der Waals surface area contributed by atoms with E-state index in [1.807, 2.05) is 27.9 Å². The first kappa shape index (κ1) is 17.3. The van der Waals surface area contributed by atoms with Crippen molar-refractivity contribution in [3.63, 3.8) is 0 Å². The highest BCUT2D eigenvalue weighted by atomic mass is 16.5. The normalized spacial score (nSPS) is 12.0. The van der Waals surface area contributed by atoms with E-state index in [0.717, 1.165) is 13.2 Å². The Hall–Kier alpha value is -0.120. The Kier molecular flexibility index (Phi) is 9.31. The molecule has 0 fully saturated rings. The van der Waals surface area contributed by atoms with Gasteiger partial charge in [-0.25, -0.2) is 0 Å². The second-order valence-electron chi connectivity index (χ2n) is 4.71. The Bertz CT molecular complexity index is 145. The Balaban J connectivity index is 0. The Morgan fingerprint density at radius 2 is 1.47 bits per heavy atom. The maximum atomic E-state index is 5.80. The van der Waals surface area contributed by atoms with E-state index in [-0.39, 0.29) is 11.1 Å². The van der Waals surface area contributed by atoms with E-state index >= 15 is 0 Å². The standard InChI is InChI=1S/C10H24N2O.C2H6/c1-9(2,12-6)8-13-10(3,4)7-11-5;1-2/h11-12H,7-8H2,1-6H3;1-2H3. The first-order valence-electron chi connectivity index (χ1n) is 5.80. The van der Waals surface area contributed by atoms with Gasteiger partial charge in [-0.1, -0.05) is 13.8 Å². The summed E-state index contributed by atoms with van der Waals surface area (Å²) >= 11 is 0. The van der Waals surface area contributed by atoms with Crippen LogP contribution in [-0.4, -0.2) is 38.4 Å². The van der Waals surface area contributed by atoms with Gasteiger partial charge in [0.05, 0.1) is 12.2 Å². The molecule has 0 heterocycles. The fourth-order valence-electron chi connectivity index (χ4n) is 0.925. The lowest BCUT2D eigenvalue weighted by molar-refractivity contribution is -0.0389. The summed E-state index contributed by atoms with van der Waals surface area (Å²) in [6.45, 7) is 14.0. The molecule has 0 saturated heterocycles. The largest absolute Gasteiger partial charge is 0.372 e. The molecule has 3 nitrogen and oxygen atoms in total. The molecule has 3 heteroatoms. The highest BCUT2D eigenvalue weighted by Gasteiger charge is 2.22. The Labute approximate surface area is 96.0 Å². The summed E-state index contributed by atoms with van der Waals surface area (Å²) in [5, 5.41) is 6.33. The predicted molar refractivity (Wildman–Crippen MR) is 68.4 cm³/mol. The number of hydrogen-bond donors (Lipinski definition) is 2. The van der Waals surface area contributed by atoms with Crippen LogP contribution in [0.2, 0.25) is 0 Å². The Morgan fingerprint density at radius 3 is 1.80 bits per heavy atom. The van der Waals surface area contributed by atoms with E-state index in [4.69, 9.17) is 4.74 Å². The number of nitrogens with one attached hydrogen (secondary N) is 2. The molecule has 0 saturated carbocycles. The minimum atomic E-state index is -0.0944. The van der Waals surface area contributed by atoms with Crippen molar-refractivity contribution in [2.24, 2.45) is 0 Å². The fourth-order valence-corrected chi connectivity index (χ4v) is 0.925. The molecule has 2 N–H and O–H groups in total.